The molecule has 1 heterocycles. The van der Waals surface area contributed by atoms with Crippen molar-refractivity contribution >= 4 is 23.3 Å². The van der Waals surface area contributed by atoms with Crippen LogP contribution in [0.25, 0.3) is 0 Å². The monoisotopic (exact) mass is 262 g/mol. The molecule has 0 bridgehead atoms. The summed E-state index contributed by atoms with van der Waals surface area (Å²) in [6, 6.07) is 6.31. The second-order valence-corrected chi connectivity index (χ2v) is 4.58. The molecule has 1 saturated heterocycles. The molecule has 102 valence electrons. The average molecular weight is 262 g/mol. The lowest BCUT2D eigenvalue weighted by Gasteiger charge is -2.21. The van der Waals surface area contributed by atoms with Crippen LogP contribution in [0.5, 0.6) is 0 Å². The van der Waals surface area contributed by atoms with E-state index in [0.717, 1.165) is 25.9 Å². The highest BCUT2D eigenvalue weighted by atomic mass is 16.2. The van der Waals surface area contributed by atoms with E-state index in [4.69, 9.17) is 5.73 Å². The van der Waals surface area contributed by atoms with Crippen molar-refractivity contribution in [3.05, 3.63) is 24.3 Å². The Bertz CT molecular complexity index is 469. The summed E-state index contributed by atoms with van der Waals surface area (Å²) >= 11 is 0. The van der Waals surface area contributed by atoms with Gasteiger partial charge in [0, 0.05) is 17.3 Å². The number of nitrogens with one attached hydrogen (secondary N) is 3. The van der Waals surface area contributed by atoms with Crippen molar-refractivity contribution in [2.75, 3.05) is 23.7 Å². The molecule has 0 unspecified atom stereocenters. The molecule has 0 atom stereocenters. The Morgan fingerprint density at radius 1 is 1.16 bits per heavy atom. The molecule has 2 rings (SSSR count). The van der Waals surface area contributed by atoms with E-state index in [1.54, 1.807) is 24.3 Å². The highest BCUT2D eigenvalue weighted by Gasteiger charge is 2.20. The average Bonchev–Trinajstić information content (AvgIpc) is 2.39. The molecule has 1 aromatic rings. The summed E-state index contributed by atoms with van der Waals surface area (Å²) in [4.78, 5) is 22.8. The molecule has 5 N–H and O–H groups in total. The number of hydrogen-bond acceptors (Lipinski definition) is 3. The Balaban J connectivity index is 1.97. The fraction of sp³-hybridized carbons (Fsp3) is 0.385. The van der Waals surface area contributed by atoms with Gasteiger partial charge in [-0.1, -0.05) is 6.07 Å². The zero-order valence-electron chi connectivity index (χ0n) is 10.6. The Kier molecular flexibility index (Phi) is 4.35. The molecule has 0 aromatic heterocycles. The second-order valence-electron chi connectivity index (χ2n) is 4.58. The minimum atomic E-state index is -0.623. The lowest BCUT2D eigenvalue weighted by Crippen LogP contribution is -2.34. The zero-order valence-corrected chi connectivity index (χ0v) is 10.6. The van der Waals surface area contributed by atoms with E-state index in [2.05, 4.69) is 16.0 Å². The summed E-state index contributed by atoms with van der Waals surface area (Å²) in [6.45, 7) is 1.75. The third-order valence-corrected chi connectivity index (χ3v) is 3.11. The largest absolute Gasteiger partial charge is 0.351 e. The molecule has 1 aliphatic rings. The van der Waals surface area contributed by atoms with Gasteiger partial charge in [0.15, 0.2) is 0 Å². The number of carbonyl (C=O) groups is 2. The van der Waals surface area contributed by atoms with Crippen LogP contribution in [0.4, 0.5) is 16.2 Å². The third kappa shape index (κ3) is 3.96. The highest BCUT2D eigenvalue weighted by molar-refractivity contribution is 5.94. The molecule has 1 aliphatic heterocycles. The number of carbonyl (C=O) groups excluding carboxylic acids is 2. The van der Waals surface area contributed by atoms with E-state index in [-0.39, 0.29) is 11.8 Å². The SMILES string of the molecule is NC(=O)Nc1cccc(NC(=O)C2CCNCC2)c1. The smallest absolute Gasteiger partial charge is 0.316 e. The van der Waals surface area contributed by atoms with Gasteiger partial charge in [-0.3, -0.25) is 4.79 Å². The summed E-state index contributed by atoms with van der Waals surface area (Å²) in [6.07, 6.45) is 1.70. The highest BCUT2D eigenvalue weighted by Crippen LogP contribution is 2.18. The Hall–Kier alpha value is -2.08. The maximum atomic E-state index is 12.1. The number of nitrogens with two attached hydrogens (primary N) is 1. The van der Waals surface area contributed by atoms with Gasteiger partial charge in [-0.15, -0.1) is 0 Å². The molecule has 0 aliphatic carbocycles. The molecule has 6 nitrogen and oxygen atoms in total. The minimum absolute atomic E-state index is 0.0257. The summed E-state index contributed by atoms with van der Waals surface area (Å²) in [5.41, 5.74) is 6.28. The van der Waals surface area contributed by atoms with Gasteiger partial charge in [0.25, 0.3) is 0 Å². The molecule has 19 heavy (non-hydrogen) atoms. The van der Waals surface area contributed by atoms with Gasteiger partial charge in [0.05, 0.1) is 0 Å². The number of anilines is 2. The normalized spacial score (nSPS) is 15.8. The van der Waals surface area contributed by atoms with Gasteiger partial charge >= 0.3 is 6.03 Å². The fourth-order valence-electron chi connectivity index (χ4n) is 2.15. The van der Waals surface area contributed by atoms with Gasteiger partial charge < -0.3 is 21.7 Å². The van der Waals surface area contributed by atoms with Crippen LogP contribution in [0.3, 0.4) is 0 Å². The quantitative estimate of drug-likeness (QED) is 0.657. The van der Waals surface area contributed by atoms with Crippen LogP contribution in [0.1, 0.15) is 12.8 Å². The molecule has 1 fully saturated rings. The Morgan fingerprint density at radius 3 is 2.42 bits per heavy atom. The molecular weight excluding hydrogens is 244 g/mol. The second kappa shape index (κ2) is 6.19. The number of piperidine rings is 1. The van der Waals surface area contributed by atoms with Crippen molar-refractivity contribution < 1.29 is 9.59 Å². The van der Waals surface area contributed by atoms with Gasteiger partial charge in [-0.2, -0.15) is 0 Å². The fourth-order valence-corrected chi connectivity index (χ4v) is 2.15. The van der Waals surface area contributed by atoms with Crippen molar-refractivity contribution in [1.29, 1.82) is 0 Å². The number of amides is 3. The first-order valence-electron chi connectivity index (χ1n) is 6.33. The van der Waals surface area contributed by atoms with E-state index in [0.29, 0.717) is 11.4 Å². The summed E-state index contributed by atoms with van der Waals surface area (Å²) < 4.78 is 0. The van der Waals surface area contributed by atoms with Crippen LogP contribution in [0.2, 0.25) is 0 Å². The maximum Gasteiger partial charge on any atom is 0.316 e. The van der Waals surface area contributed by atoms with Crippen LogP contribution in [-0.4, -0.2) is 25.0 Å². The lowest BCUT2D eigenvalue weighted by molar-refractivity contribution is -0.120. The first-order chi connectivity index (χ1) is 9.15. The van der Waals surface area contributed by atoms with E-state index < -0.39 is 6.03 Å². The molecule has 0 saturated carbocycles. The maximum absolute atomic E-state index is 12.1. The van der Waals surface area contributed by atoms with Crippen molar-refractivity contribution in [2.24, 2.45) is 11.7 Å². The summed E-state index contributed by atoms with van der Waals surface area (Å²) in [5.74, 6) is 0.0757. The van der Waals surface area contributed by atoms with Crippen LogP contribution in [0.15, 0.2) is 24.3 Å². The van der Waals surface area contributed by atoms with Gasteiger partial charge in [0.1, 0.15) is 0 Å². The molecule has 0 spiro atoms. The van der Waals surface area contributed by atoms with E-state index >= 15 is 0 Å². The minimum Gasteiger partial charge on any atom is -0.351 e. The van der Waals surface area contributed by atoms with Crippen molar-refractivity contribution in [1.82, 2.24) is 5.32 Å². The number of primary amides is 1. The number of urea groups is 1. The standard InChI is InChI=1S/C13H18N4O2/c14-13(19)17-11-3-1-2-10(8-11)16-12(18)9-4-6-15-7-5-9/h1-3,8-9,15H,4-7H2,(H,16,18)(H3,14,17,19). The number of rotatable bonds is 3. The first kappa shape index (κ1) is 13.4. The van der Waals surface area contributed by atoms with Gasteiger partial charge in [-0.25, -0.2) is 4.79 Å². The van der Waals surface area contributed by atoms with Crippen LogP contribution >= 0.6 is 0 Å². The van der Waals surface area contributed by atoms with Crippen molar-refractivity contribution in [3.8, 4) is 0 Å². The van der Waals surface area contributed by atoms with Gasteiger partial charge in [0.2, 0.25) is 5.91 Å². The number of hydrogen-bond donors (Lipinski definition) is 4. The Labute approximate surface area is 111 Å². The molecule has 1 aromatic carbocycles. The Morgan fingerprint density at radius 2 is 1.79 bits per heavy atom. The summed E-state index contributed by atoms with van der Waals surface area (Å²) in [7, 11) is 0. The molecular formula is C13H18N4O2. The predicted octanol–water partition coefficient (Wildman–Crippen LogP) is 1.12. The van der Waals surface area contributed by atoms with Crippen LogP contribution in [-0.2, 0) is 4.79 Å². The molecule has 3 amide bonds. The zero-order chi connectivity index (χ0) is 13.7. The van der Waals surface area contributed by atoms with E-state index in [1.165, 1.54) is 0 Å². The molecule has 6 heteroatoms. The van der Waals surface area contributed by atoms with Crippen molar-refractivity contribution in [3.63, 3.8) is 0 Å². The van der Waals surface area contributed by atoms with Crippen molar-refractivity contribution in [2.45, 2.75) is 12.8 Å². The van der Waals surface area contributed by atoms with Crippen LogP contribution in [0, 0.1) is 5.92 Å². The third-order valence-electron chi connectivity index (χ3n) is 3.11. The first-order valence-corrected chi connectivity index (χ1v) is 6.33. The number of benzene rings is 1. The van der Waals surface area contributed by atoms with E-state index in [1.807, 2.05) is 0 Å². The van der Waals surface area contributed by atoms with E-state index in [9.17, 15) is 9.59 Å². The van der Waals surface area contributed by atoms with Crippen LogP contribution < -0.4 is 21.7 Å². The molecule has 0 radical (unpaired) electrons. The topological polar surface area (TPSA) is 96.2 Å². The lowest BCUT2D eigenvalue weighted by atomic mass is 9.97. The van der Waals surface area contributed by atoms with Gasteiger partial charge in [-0.05, 0) is 44.1 Å². The summed E-state index contributed by atoms with van der Waals surface area (Å²) in [5, 5.41) is 8.56. The predicted molar refractivity (Wildman–Crippen MR) is 73.9 cm³/mol.